The third kappa shape index (κ3) is 4.62. The van der Waals surface area contributed by atoms with Crippen LogP contribution in [0.1, 0.15) is 26.3 Å². The number of carbonyl (C=O) groups excluding carboxylic acids is 2. The molecule has 0 fully saturated rings. The van der Waals surface area contributed by atoms with Crippen molar-refractivity contribution in [2.24, 2.45) is 7.05 Å². The summed E-state index contributed by atoms with van der Waals surface area (Å²) in [4.78, 5) is 30.3. The summed E-state index contributed by atoms with van der Waals surface area (Å²) in [5.41, 5.74) is 1.17. The zero-order valence-electron chi connectivity index (χ0n) is 17.6. The average molecular weight is 433 g/mol. The lowest BCUT2D eigenvalue weighted by Gasteiger charge is -2.14. The van der Waals surface area contributed by atoms with Crippen LogP contribution >= 0.6 is 0 Å². The molecule has 0 spiro atoms. The molecule has 10 heteroatoms. The highest BCUT2D eigenvalue weighted by molar-refractivity contribution is 6.12. The minimum absolute atomic E-state index is 0.0452. The number of aromatic nitrogens is 2. The summed E-state index contributed by atoms with van der Waals surface area (Å²) in [5, 5.41) is 17.2. The molecule has 32 heavy (non-hydrogen) atoms. The van der Waals surface area contributed by atoms with Crippen LogP contribution in [-0.4, -0.2) is 46.4 Å². The molecule has 3 N–H and O–H groups in total. The van der Waals surface area contributed by atoms with Crippen molar-refractivity contribution < 1.29 is 14.0 Å². The number of carbonyl (C=O) groups is 2. The lowest BCUT2D eigenvalue weighted by Crippen LogP contribution is -2.22. The molecule has 0 aliphatic rings. The molecule has 0 bridgehead atoms. The van der Waals surface area contributed by atoms with Crippen LogP contribution in [0.5, 0.6) is 0 Å². The first kappa shape index (κ1) is 22.2. The highest BCUT2D eigenvalue weighted by atomic mass is 19.1. The SMILES string of the molecule is [C-]#[N+]c1cc(F)ccc1NC(=O)c1cnn(C)c1NC(=O)c1ccc(C(=N)N(C)C)cc1. The molecule has 9 nitrogen and oxygen atoms in total. The molecular formula is C22H20FN7O2. The summed E-state index contributed by atoms with van der Waals surface area (Å²) in [6.45, 7) is 7.15. The van der Waals surface area contributed by atoms with E-state index in [9.17, 15) is 14.0 Å². The Morgan fingerprint density at radius 3 is 2.38 bits per heavy atom. The second kappa shape index (κ2) is 9.09. The zero-order chi connectivity index (χ0) is 23.4. The van der Waals surface area contributed by atoms with Gasteiger partial charge in [-0.1, -0.05) is 12.1 Å². The normalized spacial score (nSPS) is 10.2. The molecule has 3 aromatic rings. The number of halogens is 1. The number of anilines is 2. The van der Waals surface area contributed by atoms with Crippen LogP contribution in [0.25, 0.3) is 4.85 Å². The molecule has 0 aliphatic carbocycles. The van der Waals surface area contributed by atoms with Gasteiger partial charge >= 0.3 is 0 Å². The summed E-state index contributed by atoms with van der Waals surface area (Å²) >= 11 is 0. The van der Waals surface area contributed by atoms with Gasteiger partial charge in [-0.15, -0.1) is 0 Å². The molecule has 1 heterocycles. The summed E-state index contributed by atoms with van der Waals surface area (Å²) in [7, 11) is 5.08. The van der Waals surface area contributed by atoms with Crippen LogP contribution in [-0.2, 0) is 7.05 Å². The van der Waals surface area contributed by atoms with E-state index in [1.165, 1.54) is 16.9 Å². The lowest BCUT2D eigenvalue weighted by atomic mass is 10.1. The van der Waals surface area contributed by atoms with Crippen molar-refractivity contribution in [3.8, 4) is 0 Å². The predicted molar refractivity (Wildman–Crippen MR) is 119 cm³/mol. The van der Waals surface area contributed by atoms with Gasteiger partial charge in [-0.3, -0.25) is 19.7 Å². The van der Waals surface area contributed by atoms with E-state index in [2.05, 4.69) is 20.6 Å². The first-order valence-electron chi connectivity index (χ1n) is 9.39. The van der Waals surface area contributed by atoms with Gasteiger partial charge in [0.25, 0.3) is 11.8 Å². The fourth-order valence-corrected chi connectivity index (χ4v) is 2.86. The maximum Gasteiger partial charge on any atom is 0.260 e. The number of rotatable bonds is 5. The highest BCUT2D eigenvalue weighted by Gasteiger charge is 2.20. The van der Waals surface area contributed by atoms with E-state index in [0.29, 0.717) is 17.0 Å². The van der Waals surface area contributed by atoms with Gasteiger partial charge in [0.05, 0.1) is 12.8 Å². The van der Waals surface area contributed by atoms with Gasteiger partial charge in [0.1, 0.15) is 23.0 Å². The summed E-state index contributed by atoms with van der Waals surface area (Å²) < 4.78 is 14.7. The molecule has 0 saturated carbocycles. The van der Waals surface area contributed by atoms with Crippen LogP contribution < -0.4 is 10.6 Å². The number of nitrogens with zero attached hydrogens (tertiary/aromatic N) is 4. The molecule has 3 rings (SSSR count). The van der Waals surface area contributed by atoms with Gasteiger partial charge in [0.15, 0.2) is 0 Å². The first-order valence-corrected chi connectivity index (χ1v) is 9.39. The van der Waals surface area contributed by atoms with E-state index < -0.39 is 17.6 Å². The Morgan fingerprint density at radius 1 is 1.09 bits per heavy atom. The standard InChI is InChI=1S/C22H20FN7O2/c1-25-18-11-15(23)9-10-17(18)27-22(32)16-12-26-30(4)20(16)28-21(31)14-7-5-13(6-8-14)19(24)29(2)3/h5-12,24H,2-4H3,(H,27,32)(H,28,31). The Hall–Kier alpha value is -4.52. The minimum Gasteiger partial charge on any atom is -0.363 e. The Morgan fingerprint density at radius 2 is 1.75 bits per heavy atom. The van der Waals surface area contributed by atoms with Crippen LogP contribution in [0.3, 0.4) is 0 Å². The molecule has 2 amide bonds. The van der Waals surface area contributed by atoms with Gasteiger partial charge < -0.3 is 15.5 Å². The first-order chi connectivity index (χ1) is 15.2. The van der Waals surface area contributed by atoms with Gasteiger partial charge in [-0.2, -0.15) is 5.10 Å². The maximum atomic E-state index is 13.3. The second-order valence-corrected chi connectivity index (χ2v) is 7.03. The number of amides is 2. The smallest absolute Gasteiger partial charge is 0.260 e. The number of hydrogen-bond donors (Lipinski definition) is 3. The van der Waals surface area contributed by atoms with E-state index in [4.69, 9.17) is 12.0 Å². The number of aryl methyl sites for hydroxylation is 1. The Labute approximate surface area is 183 Å². The fraction of sp³-hybridized carbons (Fsp3) is 0.136. The number of nitrogens with one attached hydrogen (secondary N) is 3. The zero-order valence-corrected chi connectivity index (χ0v) is 17.6. The van der Waals surface area contributed by atoms with Crippen LogP contribution in [0, 0.1) is 17.8 Å². The molecule has 1 aromatic heterocycles. The van der Waals surface area contributed by atoms with Crippen molar-refractivity contribution in [2.75, 3.05) is 24.7 Å². The Balaban J connectivity index is 1.80. The summed E-state index contributed by atoms with van der Waals surface area (Å²) in [5.74, 6) is -1.20. The van der Waals surface area contributed by atoms with Crippen molar-refractivity contribution in [3.05, 3.63) is 82.6 Å². The van der Waals surface area contributed by atoms with Gasteiger partial charge in [0, 0.05) is 38.0 Å². The Bertz CT molecular complexity index is 1240. The molecular weight excluding hydrogens is 413 g/mol. The van der Waals surface area contributed by atoms with Crippen molar-refractivity contribution >= 4 is 34.8 Å². The number of amidine groups is 1. The van der Waals surface area contributed by atoms with E-state index in [1.807, 2.05) is 0 Å². The molecule has 162 valence electrons. The highest BCUT2D eigenvalue weighted by Crippen LogP contribution is 2.27. The molecule has 0 radical (unpaired) electrons. The lowest BCUT2D eigenvalue weighted by molar-refractivity contribution is 0.102. The minimum atomic E-state index is -0.611. The van der Waals surface area contributed by atoms with Crippen molar-refractivity contribution in [3.63, 3.8) is 0 Å². The van der Waals surface area contributed by atoms with E-state index in [1.54, 1.807) is 50.3 Å². The van der Waals surface area contributed by atoms with Crippen molar-refractivity contribution in [1.82, 2.24) is 14.7 Å². The summed E-state index contributed by atoms with van der Waals surface area (Å²) in [6.07, 6.45) is 1.29. The van der Waals surface area contributed by atoms with Crippen LogP contribution in [0.15, 0.2) is 48.7 Å². The number of hydrogen-bond acceptors (Lipinski definition) is 4. The van der Waals surface area contributed by atoms with E-state index in [0.717, 1.165) is 12.1 Å². The van der Waals surface area contributed by atoms with E-state index >= 15 is 0 Å². The molecule has 0 saturated heterocycles. The third-order valence-electron chi connectivity index (χ3n) is 4.61. The molecule has 0 atom stereocenters. The molecule has 0 aliphatic heterocycles. The quantitative estimate of drug-likeness (QED) is 0.325. The van der Waals surface area contributed by atoms with E-state index in [-0.39, 0.29) is 22.8 Å². The average Bonchev–Trinajstić information content (AvgIpc) is 3.14. The third-order valence-corrected chi connectivity index (χ3v) is 4.61. The van der Waals surface area contributed by atoms with Gasteiger partial charge in [0.2, 0.25) is 5.69 Å². The number of benzene rings is 2. The monoisotopic (exact) mass is 433 g/mol. The molecule has 0 unspecified atom stereocenters. The van der Waals surface area contributed by atoms with Crippen molar-refractivity contribution in [1.29, 1.82) is 5.41 Å². The largest absolute Gasteiger partial charge is 0.363 e. The maximum absolute atomic E-state index is 13.3. The van der Waals surface area contributed by atoms with Gasteiger partial charge in [-0.05, 0) is 30.3 Å². The van der Waals surface area contributed by atoms with Crippen LogP contribution in [0.2, 0.25) is 0 Å². The van der Waals surface area contributed by atoms with Gasteiger partial charge in [-0.25, -0.2) is 9.24 Å². The second-order valence-electron chi connectivity index (χ2n) is 7.03. The summed E-state index contributed by atoms with van der Waals surface area (Å²) in [6, 6.07) is 9.94. The Kier molecular flexibility index (Phi) is 6.30. The topological polar surface area (TPSA) is 107 Å². The van der Waals surface area contributed by atoms with Crippen LogP contribution in [0.4, 0.5) is 21.6 Å². The predicted octanol–water partition coefficient (Wildman–Crippen LogP) is 3.50. The fourth-order valence-electron chi connectivity index (χ4n) is 2.86. The van der Waals surface area contributed by atoms with Crippen molar-refractivity contribution in [2.45, 2.75) is 0 Å². The molecule has 2 aromatic carbocycles.